The first-order valence-electron chi connectivity index (χ1n) is 19.3. The van der Waals surface area contributed by atoms with Gasteiger partial charge in [0.25, 0.3) is 0 Å². The summed E-state index contributed by atoms with van der Waals surface area (Å²) in [7, 11) is 0. The molecule has 0 aliphatic rings. The van der Waals surface area contributed by atoms with Crippen LogP contribution in [-0.4, -0.2) is 30.8 Å². The maximum absolute atomic E-state index is 7.10. The highest BCUT2D eigenvalue weighted by Gasteiger charge is 2.22. The van der Waals surface area contributed by atoms with E-state index in [0.29, 0.717) is 23.3 Å². The first-order chi connectivity index (χ1) is 28.7. The Morgan fingerprint density at radius 2 is 1.03 bits per heavy atom. The zero-order chi connectivity index (χ0) is 38.7. The van der Waals surface area contributed by atoms with E-state index in [4.69, 9.17) is 19.4 Å². The first kappa shape index (κ1) is 33.4. The Morgan fingerprint density at radius 3 is 1.66 bits per heavy atom. The van der Waals surface area contributed by atoms with Crippen LogP contribution in [0.1, 0.15) is 12.7 Å². The van der Waals surface area contributed by atoms with E-state index in [-0.39, 0.29) is 0 Å². The van der Waals surface area contributed by atoms with Gasteiger partial charge in [-0.1, -0.05) is 121 Å². The Labute approximate surface area is 333 Å². The second kappa shape index (κ2) is 13.4. The van der Waals surface area contributed by atoms with Crippen LogP contribution in [0.5, 0.6) is 0 Å². The molecule has 0 atom stereocenters. The third kappa shape index (κ3) is 5.21. The molecule has 0 unspecified atom stereocenters. The number of hydrogen-bond donors (Lipinski definition) is 0. The second-order valence-corrected chi connectivity index (χ2v) is 14.4. The van der Waals surface area contributed by atoms with Crippen LogP contribution in [0.3, 0.4) is 0 Å². The molecule has 0 saturated carbocycles. The third-order valence-electron chi connectivity index (χ3n) is 11.0. The highest BCUT2D eigenvalue weighted by molar-refractivity contribution is 6.29. The lowest BCUT2D eigenvalue weighted by Crippen LogP contribution is -2.02. The molecule has 0 spiro atoms. The Balaban J connectivity index is 1.10. The van der Waals surface area contributed by atoms with Crippen LogP contribution < -0.4 is 0 Å². The standard InChI is InChI=1S/C51H34N6O/c1-32(49-53-50(33-16-6-3-7-17-33)55-51(54-49)34-18-8-4-9-19-34)26-31-44(52-2)57-41-25-15-13-23-39(41)46-43(57)30-28-37-36-27-29-42-45(47(36)58-48(37)46)38-22-12-14-24-40(38)56(42)35-20-10-5-11-21-35/h3-31H,2H2,1H3/b32-26+,44-31+. The van der Waals surface area contributed by atoms with Crippen LogP contribution in [0, 0.1) is 0 Å². The van der Waals surface area contributed by atoms with E-state index in [1.54, 1.807) is 0 Å². The van der Waals surface area contributed by atoms with Crippen molar-refractivity contribution in [1.29, 1.82) is 0 Å². The zero-order valence-electron chi connectivity index (χ0n) is 31.5. The number of para-hydroxylation sites is 3. The number of aromatic nitrogens is 5. The molecule has 0 bridgehead atoms. The van der Waals surface area contributed by atoms with Gasteiger partial charge in [-0.15, -0.1) is 0 Å². The van der Waals surface area contributed by atoms with Crippen molar-refractivity contribution in [3.05, 3.63) is 182 Å². The molecule has 7 nitrogen and oxygen atoms in total. The lowest BCUT2D eigenvalue weighted by Gasteiger charge is -2.09. The fourth-order valence-corrected chi connectivity index (χ4v) is 8.35. The highest BCUT2D eigenvalue weighted by atomic mass is 16.3. The molecule has 274 valence electrons. The van der Waals surface area contributed by atoms with Crippen LogP contribution in [0.4, 0.5) is 0 Å². The Morgan fingerprint density at radius 1 is 0.517 bits per heavy atom. The zero-order valence-corrected chi connectivity index (χ0v) is 31.5. The SMILES string of the molecule is C=N/C(=C\C=C(/C)c1nc(-c2ccccc2)nc(-c2ccccc2)n1)n1c2ccccc2c2c3oc4c(ccc5c4c4ccccc4n5-c4ccccc4)c3ccc21. The van der Waals surface area contributed by atoms with Crippen molar-refractivity contribution < 1.29 is 4.42 Å². The summed E-state index contributed by atoms with van der Waals surface area (Å²) in [4.78, 5) is 19.3. The molecule has 7 aromatic carbocycles. The van der Waals surface area contributed by atoms with Crippen LogP contribution in [-0.2, 0) is 0 Å². The number of benzene rings is 7. The average molecular weight is 747 g/mol. The van der Waals surface area contributed by atoms with Crippen LogP contribution >= 0.6 is 0 Å². The van der Waals surface area contributed by atoms with Gasteiger partial charge in [0.2, 0.25) is 0 Å². The number of furan rings is 1. The summed E-state index contributed by atoms with van der Waals surface area (Å²) in [6.07, 6.45) is 3.98. The second-order valence-electron chi connectivity index (χ2n) is 14.4. The smallest absolute Gasteiger partial charge is 0.164 e. The van der Waals surface area contributed by atoms with Crippen LogP contribution in [0.2, 0.25) is 0 Å². The van der Waals surface area contributed by atoms with Crippen LogP contribution in [0.25, 0.3) is 105 Å². The number of hydrogen-bond acceptors (Lipinski definition) is 5. The summed E-state index contributed by atoms with van der Waals surface area (Å²) in [5.74, 6) is 2.47. The van der Waals surface area contributed by atoms with Gasteiger partial charge in [0.05, 0.1) is 32.8 Å². The number of rotatable bonds is 7. The predicted molar refractivity (Wildman–Crippen MR) is 239 cm³/mol. The predicted octanol–water partition coefficient (Wildman–Crippen LogP) is 12.9. The van der Waals surface area contributed by atoms with E-state index in [1.807, 2.05) is 79.7 Å². The molecule has 11 aromatic rings. The normalized spacial score (nSPS) is 12.5. The molecule has 0 amide bonds. The molecule has 0 radical (unpaired) electrons. The summed E-state index contributed by atoms with van der Waals surface area (Å²) < 4.78 is 11.6. The summed E-state index contributed by atoms with van der Waals surface area (Å²) >= 11 is 0. The van der Waals surface area contributed by atoms with Crippen molar-refractivity contribution in [2.75, 3.05) is 0 Å². The summed E-state index contributed by atoms with van der Waals surface area (Å²) in [5, 5.41) is 6.49. The van der Waals surface area contributed by atoms with E-state index < -0.39 is 0 Å². The van der Waals surface area contributed by atoms with Gasteiger partial charge in [0.15, 0.2) is 17.5 Å². The highest BCUT2D eigenvalue weighted by Crippen LogP contribution is 2.44. The summed E-state index contributed by atoms with van der Waals surface area (Å²) in [6, 6.07) is 56.2. The summed E-state index contributed by atoms with van der Waals surface area (Å²) in [5.41, 5.74) is 9.74. The molecule has 4 heterocycles. The van der Waals surface area contributed by atoms with Gasteiger partial charge in [0.1, 0.15) is 17.0 Å². The lowest BCUT2D eigenvalue weighted by atomic mass is 10.1. The van der Waals surface area contributed by atoms with Gasteiger partial charge in [-0.2, -0.15) is 0 Å². The molecular weight excluding hydrogens is 713 g/mol. The topological polar surface area (TPSA) is 74.0 Å². The van der Waals surface area contributed by atoms with Gasteiger partial charge in [-0.25, -0.2) is 19.9 Å². The minimum atomic E-state index is 0.582. The molecular formula is C51H34N6O. The monoisotopic (exact) mass is 746 g/mol. The van der Waals surface area contributed by atoms with Gasteiger partial charge < -0.3 is 8.98 Å². The lowest BCUT2D eigenvalue weighted by molar-refractivity contribution is 0.677. The van der Waals surface area contributed by atoms with Gasteiger partial charge in [-0.05, 0) is 73.8 Å². The molecule has 0 saturated heterocycles. The van der Waals surface area contributed by atoms with Crippen LogP contribution in [0.15, 0.2) is 185 Å². The third-order valence-corrected chi connectivity index (χ3v) is 11.0. The fourth-order valence-electron chi connectivity index (χ4n) is 8.35. The van der Waals surface area contributed by atoms with E-state index >= 15 is 0 Å². The van der Waals surface area contributed by atoms with E-state index in [0.717, 1.165) is 87.9 Å². The number of allylic oxidation sites excluding steroid dienone is 3. The van der Waals surface area contributed by atoms with Crippen molar-refractivity contribution >= 4 is 83.7 Å². The molecule has 58 heavy (non-hydrogen) atoms. The van der Waals surface area contributed by atoms with Crippen molar-refractivity contribution in [3.8, 4) is 28.5 Å². The molecule has 7 heteroatoms. The van der Waals surface area contributed by atoms with E-state index in [2.05, 4.69) is 124 Å². The minimum absolute atomic E-state index is 0.582. The molecule has 0 N–H and O–H groups in total. The average Bonchev–Trinajstić information content (AvgIpc) is 3.95. The molecule has 0 aliphatic heterocycles. The number of nitrogens with zero attached hydrogens (tertiary/aromatic N) is 6. The molecule has 0 aliphatic carbocycles. The van der Waals surface area contributed by atoms with Gasteiger partial charge >= 0.3 is 0 Å². The van der Waals surface area contributed by atoms with Crippen molar-refractivity contribution in [2.24, 2.45) is 4.99 Å². The number of fused-ring (bicyclic) bond motifs is 11. The first-order valence-corrected chi connectivity index (χ1v) is 19.3. The molecule has 0 fully saturated rings. The largest absolute Gasteiger partial charge is 0.455 e. The maximum Gasteiger partial charge on any atom is 0.164 e. The van der Waals surface area contributed by atoms with E-state index in [9.17, 15) is 0 Å². The maximum atomic E-state index is 7.10. The van der Waals surface area contributed by atoms with Gasteiger partial charge in [-0.3, -0.25) is 4.57 Å². The van der Waals surface area contributed by atoms with Crippen molar-refractivity contribution in [1.82, 2.24) is 24.1 Å². The quantitative estimate of drug-likeness (QED) is 0.120. The van der Waals surface area contributed by atoms with Crippen molar-refractivity contribution in [2.45, 2.75) is 6.92 Å². The van der Waals surface area contributed by atoms with Crippen molar-refractivity contribution in [3.63, 3.8) is 0 Å². The number of aliphatic imine (C=N–C) groups is 1. The molecule has 11 rings (SSSR count). The Hall–Kier alpha value is -7.90. The Bertz CT molecular complexity index is 3410. The van der Waals surface area contributed by atoms with E-state index in [1.165, 1.54) is 0 Å². The summed E-state index contributed by atoms with van der Waals surface area (Å²) in [6.45, 7) is 6.05. The minimum Gasteiger partial charge on any atom is -0.455 e. The fraction of sp³-hybridized carbons (Fsp3) is 0.0196. The van der Waals surface area contributed by atoms with Gasteiger partial charge in [0, 0.05) is 38.4 Å². The molecule has 4 aromatic heterocycles. The Kier molecular flexibility index (Phi) is 7.72.